The van der Waals surface area contributed by atoms with Crippen molar-refractivity contribution < 1.29 is 14.3 Å². The molecule has 116 valence electrons. The lowest BCUT2D eigenvalue weighted by molar-refractivity contribution is -0.117. The molecule has 2 amide bonds. The van der Waals surface area contributed by atoms with Gasteiger partial charge in [-0.3, -0.25) is 9.69 Å². The van der Waals surface area contributed by atoms with Gasteiger partial charge in [0.05, 0.1) is 13.0 Å². The summed E-state index contributed by atoms with van der Waals surface area (Å²) >= 11 is 0. The number of hydrogen-bond donors (Lipinski definition) is 1. The van der Waals surface area contributed by atoms with E-state index in [0.29, 0.717) is 24.4 Å². The van der Waals surface area contributed by atoms with Crippen molar-refractivity contribution in [1.29, 1.82) is 0 Å². The van der Waals surface area contributed by atoms with E-state index in [4.69, 9.17) is 10.5 Å². The summed E-state index contributed by atoms with van der Waals surface area (Å²) in [7, 11) is 0. The number of benzene rings is 1. The topological polar surface area (TPSA) is 75.9 Å². The fraction of sp³-hybridized carbons (Fsp3) is 0.375. The molecule has 6 nitrogen and oxygen atoms in total. The van der Waals surface area contributed by atoms with Crippen molar-refractivity contribution in [3.05, 3.63) is 36.0 Å². The third kappa shape index (κ3) is 2.20. The predicted molar refractivity (Wildman–Crippen MR) is 83.7 cm³/mol. The first-order chi connectivity index (χ1) is 10.4. The van der Waals surface area contributed by atoms with Gasteiger partial charge in [0, 0.05) is 23.1 Å². The molecule has 6 heteroatoms. The van der Waals surface area contributed by atoms with Crippen LogP contribution in [-0.4, -0.2) is 30.7 Å². The minimum absolute atomic E-state index is 0.0827. The van der Waals surface area contributed by atoms with Crippen LogP contribution in [0.15, 0.2) is 30.5 Å². The van der Waals surface area contributed by atoms with E-state index in [1.807, 2.05) is 32.0 Å². The van der Waals surface area contributed by atoms with Gasteiger partial charge in [0.2, 0.25) is 5.91 Å². The molecule has 1 fully saturated rings. The fourth-order valence-electron chi connectivity index (χ4n) is 2.93. The zero-order valence-electron chi connectivity index (χ0n) is 12.7. The van der Waals surface area contributed by atoms with E-state index in [1.165, 1.54) is 4.90 Å². The van der Waals surface area contributed by atoms with E-state index < -0.39 is 12.2 Å². The van der Waals surface area contributed by atoms with Crippen LogP contribution in [-0.2, 0) is 16.0 Å². The third-order valence-corrected chi connectivity index (χ3v) is 3.99. The Balaban J connectivity index is 1.90. The monoisotopic (exact) mass is 301 g/mol. The van der Waals surface area contributed by atoms with Crippen LogP contribution in [0.4, 0.5) is 16.2 Å². The molecule has 1 aromatic carbocycles. The molecule has 2 aliphatic rings. The van der Waals surface area contributed by atoms with E-state index in [0.717, 1.165) is 11.3 Å². The first-order valence-electron chi connectivity index (χ1n) is 7.26. The summed E-state index contributed by atoms with van der Waals surface area (Å²) in [4.78, 5) is 27.4. The molecule has 3 rings (SSSR count). The Labute approximate surface area is 129 Å². The van der Waals surface area contributed by atoms with Crippen molar-refractivity contribution >= 4 is 23.4 Å². The number of nitrogens with two attached hydrogens (primary N) is 1. The highest BCUT2D eigenvalue weighted by atomic mass is 16.6. The largest absolute Gasteiger partial charge is 0.438 e. The van der Waals surface area contributed by atoms with Crippen LogP contribution in [0.3, 0.4) is 0 Å². The highest BCUT2D eigenvalue weighted by Gasteiger charge is 2.35. The summed E-state index contributed by atoms with van der Waals surface area (Å²) in [6.45, 7) is 7.93. The highest BCUT2D eigenvalue weighted by Crippen LogP contribution is 2.35. The average molecular weight is 301 g/mol. The first-order valence-corrected chi connectivity index (χ1v) is 7.26. The molecule has 1 saturated heterocycles. The molecule has 1 aromatic rings. The Morgan fingerprint density at radius 3 is 2.73 bits per heavy atom. The second-order valence-corrected chi connectivity index (χ2v) is 5.91. The number of rotatable bonds is 3. The van der Waals surface area contributed by atoms with Gasteiger partial charge < -0.3 is 15.4 Å². The van der Waals surface area contributed by atoms with Crippen molar-refractivity contribution in [1.82, 2.24) is 0 Å². The highest BCUT2D eigenvalue weighted by molar-refractivity contribution is 6.02. The number of carbonyl (C=O) groups is 2. The molecule has 1 atom stereocenters. The normalized spacial score (nSPS) is 20.6. The van der Waals surface area contributed by atoms with Crippen LogP contribution in [0.2, 0.25) is 0 Å². The van der Waals surface area contributed by atoms with Gasteiger partial charge in [-0.2, -0.15) is 0 Å². The molecule has 2 heterocycles. The Morgan fingerprint density at radius 1 is 1.41 bits per heavy atom. The third-order valence-electron chi connectivity index (χ3n) is 3.99. The van der Waals surface area contributed by atoms with Gasteiger partial charge in [-0.15, -0.1) is 0 Å². The molecule has 0 spiro atoms. The molecule has 0 aliphatic carbocycles. The van der Waals surface area contributed by atoms with Gasteiger partial charge in [0.25, 0.3) is 0 Å². The Morgan fingerprint density at radius 2 is 2.14 bits per heavy atom. The summed E-state index contributed by atoms with van der Waals surface area (Å²) in [6.07, 6.45) is -0.576. The van der Waals surface area contributed by atoms with E-state index >= 15 is 0 Å². The summed E-state index contributed by atoms with van der Waals surface area (Å²) < 4.78 is 5.17. The van der Waals surface area contributed by atoms with Crippen LogP contribution >= 0.6 is 0 Å². The van der Waals surface area contributed by atoms with Gasteiger partial charge in [-0.05, 0) is 37.6 Å². The first kappa shape index (κ1) is 14.4. The molecule has 2 N–H and O–H groups in total. The summed E-state index contributed by atoms with van der Waals surface area (Å²) in [5, 5.41) is 0. The number of fused-ring (bicyclic) bond motifs is 1. The molecule has 0 saturated carbocycles. The van der Waals surface area contributed by atoms with Gasteiger partial charge in [0.1, 0.15) is 0 Å². The van der Waals surface area contributed by atoms with Crippen molar-refractivity contribution in [3.63, 3.8) is 0 Å². The maximum absolute atomic E-state index is 12.1. The minimum Gasteiger partial charge on any atom is -0.438 e. The zero-order chi connectivity index (χ0) is 16.0. The Hall–Kier alpha value is -2.50. The predicted octanol–water partition coefficient (Wildman–Crippen LogP) is 1.78. The summed E-state index contributed by atoms with van der Waals surface area (Å²) in [6, 6.07) is 5.70. The van der Waals surface area contributed by atoms with Gasteiger partial charge in [-0.1, -0.05) is 6.58 Å². The molecule has 2 aliphatic heterocycles. The number of amides is 2. The maximum Gasteiger partial charge on any atom is 0.415 e. The van der Waals surface area contributed by atoms with E-state index in [2.05, 4.69) is 6.58 Å². The molecular formula is C16H19N3O3. The van der Waals surface area contributed by atoms with Crippen molar-refractivity contribution in [3.8, 4) is 0 Å². The van der Waals surface area contributed by atoms with Gasteiger partial charge >= 0.3 is 6.09 Å². The van der Waals surface area contributed by atoms with Crippen molar-refractivity contribution in [2.45, 2.75) is 32.4 Å². The van der Waals surface area contributed by atoms with E-state index in [-0.39, 0.29) is 11.9 Å². The molecular weight excluding hydrogens is 282 g/mol. The Bertz CT molecular complexity index is 669. The van der Waals surface area contributed by atoms with Crippen LogP contribution in [0, 0.1) is 0 Å². The number of anilines is 2. The number of cyclic esters (lactones) is 1. The summed E-state index contributed by atoms with van der Waals surface area (Å²) in [5.41, 5.74) is 8.50. The van der Waals surface area contributed by atoms with Crippen molar-refractivity contribution in [2.24, 2.45) is 5.73 Å². The Kier molecular flexibility index (Phi) is 3.31. The van der Waals surface area contributed by atoms with Gasteiger partial charge in [0.15, 0.2) is 6.10 Å². The van der Waals surface area contributed by atoms with Crippen LogP contribution in [0.25, 0.3) is 0 Å². The lowest BCUT2D eigenvalue weighted by Crippen LogP contribution is -2.33. The number of hydrogen-bond acceptors (Lipinski definition) is 4. The minimum atomic E-state index is -0.491. The van der Waals surface area contributed by atoms with Crippen LogP contribution < -0.4 is 15.5 Å². The second-order valence-electron chi connectivity index (χ2n) is 5.91. The van der Waals surface area contributed by atoms with Crippen LogP contribution in [0.5, 0.6) is 0 Å². The summed E-state index contributed by atoms with van der Waals surface area (Å²) in [5.74, 6) is 0.0827. The van der Waals surface area contributed by atoms with Crippen LogP contribution in [0.1, 0.15) is 19.4 Å². The average Bonchev–Trinajstić information content (AvgIpc) is 2.97. The van der Waals surface area contributed by atoms with E-state index in [9.17, 15) is 9.59 Å². The SMILES string of the molecule is C=C(N)[C@H]1CN(c2ccc3c(c2)CC(=O)N3C(C)C)C(=O)O1. The number of carbonyl (C=O) groups excluding carboxylic acids is 2. The lowest BCUT2D eigenvalue weighted by Gasteiger charge is -2.22. The maximum atomic E-state index is 12.1. The van der Waals surface area contributed by atoms with Crippen molar-refractivity contribution in [2.75, 3.05) is 16.3 Å². The smallest absolute Gasteiger partial charge is 0.415 e. The zero-order valence-corrected chi connectivity index (χ0v) is 12.7. The van der Waals surface area contributed by atoms with E-state index in [1.54, 1.807) is 4.90 Å². The quantitative estimate of drug-likeness (QED) is 0.923. The number of nitrogens with zero attached hydrogens (tertiary/aromatic N) is 2. The fourth-order valence-corrected chi connectivity index (χ4v) is 2.93. The molecule has 22 heavy (non-hydrogen) atoms. The molecule has 0 bridgehead atoms. The molecule has 0 radical (unpaired) electrons. The lowest BCUT2D eigenvalue weighted by atomic mass is 10.1. The molecule has 0 unspecified atom stereocenters. The second kappa shape index (κ2) is 5.05. The standard InChI is InChI=1S/C16H19N3O3/c1-9(2)19-13-5-4-12(6-11(13)7-15(19)20)18-8-14(10(3)17)22-16(18)21/h4-6,9,14H,3,7-8,17H2,1-2H3/t14-/m1/s1. The number of ether oxygens (including phenoxy) is 1. The van der Waals surface area contributed by atoms with Gasteiger partial charge in [-0.25, -0.2) is 4.79 Å². The molecule has 0 aromatic heterocycles.